The topological polar surface area (TPSA) is 165 Å². The van der Waals surface area contributed by atoms with E-state index in [1.54, 1.807) is 0 Å². The Morgan fingerprint density at radius 3 is 2.35 bits per heavy atom. The number of rotatable bonds is 2. The molecule has 0 spiro atoms. The largest absolute Gasteiger partial charge is 0.387 e. The van der Waals surface area contributed by atoms with Crippen LogP contribution in [0.2, 0.25) is 0 Å². The molecule has 10 heteroatoms. The molecule has 20 heavy (non-hydrogen) atoms. The molecule has 112 valence electrons. The first kappa shape index (κ1) is 14.8. The van der Waals surface area contributed by atoms with E-state index in [-0.39, 0.29) is 5.56 Å². The van der Waals surface area contributed by atoms with Crippen LogP contribution in [0, 0.1) is 6.92 Å². The molecule has 0 saturated carbocycles. The van der Waals surface area contributed by atoms with E-state index in [1.807, 2.05) is 4.98 Å². The summed E-state index contributed by atoms with van der Waals surface area (Å²) < 4.78 is 5.68. The normalized spacial score (nSPS) is 30.7. The number of H-pyrrole nitrogens is 1. The van der Waals surface area contributed by atoms with Gasteiger partial charge in [0.05, 0.1) is 0 Å². The first-order chi connectivity index (χ1) is 9.12. The third-order valence-corrected chi connectivity index (χ3v) is 3.04. The average Bonchev–Trinajstić information content (AvgIpc) is 2.61. The molecule has 0 bridgehead atoms. The van der Waals surface area contributed by atoms with E-state index in [4.69, 9.17) is 20.1 Å². The molecule has 1 aromatic heterocycles. The van der Waals surface area contributed by atoms with Crippen LogP contribution in [-0.4, -0.2) is 59.4 Å². The molecular weight excluding hydrogens is 276 g/mol. The van der Waals surface area contributed by atoms with Crippen LogP contribution >= 0.6 is 0 Å². The van der Waals surface area contributed by atoms with E-state index in [9.17, 15) is 19.8 Å². The monoisotopic (exact) mass is 290 g/mol. The van der Waals surface area contributed by atoms with Gasteiger partial charge in [0.1, 0.15) is 12.2 Å². The van der Waals surface area contributed by atoms with E-state index in [0.29, 0.717) is 0 Å². The smallest absolute Gasteiger partial charge is 0.330 e. The van der Waals surface area contributed by atoms with Crippen LogP contribution in [-0.2, 0) is 4.74 Å². The number of aliphatic hydroxyl groups is 5. The maximum Gasteiger partial charge on any atom is 0.330 e. The van der Waals surface area contributed by atoms with Crippen molar-refractivity contribution in [2.45, 2.75) is 37.4 Å². The van der Waals surface area contributed by atoms with Gasteiger partial charge in [-0.15, -0.1) is 0 Å². The highest BCUT2D eigenvalue weighted by molar-refractivity contribution is 5.03. The van der Waals surface area contributed by atoms with Crippen LogP contribution in [0.25, 0.3) is 0 Å². The number of hydrogen-bond acceptors (Lipinski definition) is 8. The lowest BCUT2D eigenvalue weighted by molar-refractivity contribution is -0.368. The molecule has 0 unspecified atom stereocenters. The second-order valence-corrected chi connectivity index (χ2v) is 4.59. The molecule has 1 fully saturated rings. The minimum Gasteiger partial charge on any atom is -0.387 e. The molecule has 1 saturated heterocycles. The number of aryl methyl sites for hydroxylation is 1. The van der Waals surface area contributed by atoms with Crippen molar-refractivity contribution < 1.29 is 30.3 Å². The van der Waals surface area contributed by atoms with Crippen LogP contribution in [0.5, 0.6) is 0 Å². The summed E-state index contributed by atoms with van der Waals surface area (Å²) in [4.78, 5) is 24.8. The molecule has 1 aliphatic rings. The van der Waals surface area contributed by atoms with Crippen LogP contribution in [0.3, 0.4) is 0 Å². The van der Waals surface area contributed by atoms with Crippen molar-refractivity contribution in [3.05, 3.63) is 32.6 Å². The van der Waals surface area contributed by atoms with Gasteiger partial charge in [-0.1, -0.05) is 0 Å². The van der Waals surface area contributed by atoms with Crippen LogP contribution < -0.4 is 11.2 Å². The first-order valence-electron chi connectivity index (χ1n) is 5.63. The number of aromatic amines is 1. The molecule has 1 aliphatic heterocycles. The summed E-state index contributed by atoms with van der Waals surface area (Å²) in [6.45, 7) is 1.40. The summed E-state index contributed by atoms with van der Waals surface area (Å²) in [5.41, 5.74) is -1.41. The summed E-state index contributed by atoms with van der Waals surface area (Å²) in [5.74, 6) is -3.39. The zero-order chi connectivity index (χ0) is 15.2. The number of ether oxygens (including phenoxy) is 1. The highest BCUT2D eigenvalue weighted by Gasteiger charge is 2.53. The maximum atomic E-state index is 11.6. The lowest BCUT2D eigenvalue weighted by atomic mass is 10.1. The summed E-state index contributed by atoms with van der Waals surface area (Å²) >= 11 is 0. The minimum atomic E-state index is -3.39. The van der Waals surface area contributed by atoms with Gasteiger partial charge in [0.15, 0.2) is 12.3 Å². The van der Waals surface area contributed by atoms with Crippen molar-refractivity contribution in [1.82, 2.24) is 9.55 Å². The molecule has 4 atom stereocenters. The van der Waals surface area contributed by atoms with Gasteiger partial charge in [-0.05, 0) is 6.92 Å². The molecule has 10 nitrogen and oxygen atoms in total. The minimum absolute atomic E-state index is 0.140. The Kier molecular flexibility index (Phi) is 3.54. The van der Waals surface area contributed by atoms with Crippen molar-refractivity contribution in [3.8, 4) is 0 Å². The van der Waals surface area contributed by atoms with Gasteiger partial charge in [0.25, 0.3) is 5.56 Å². The fourth-order valence-electron chi connectivity index (χ4n) is 1.98. The van der Waals surface area contributed by atoms with E-state index in [2.05, 4.69) is 0 Å². The standard InChI is InChI=1S/C10H14N2O8/c1-3-2-12(9(16)11-7(3)15)8-5(14)4(13)6(20-8)10(17,18)19/h2,4-6,8,13-14,17-19H,1H3,(H,11,15,16)/t4-,5+,6-,8+/m0/s1. The lowest BCUT2D eigenvalue weighted by Gasteiger charge is -2.23. The first-order valence-corrected chi connectivity index (χ1v) is 5.63. The molecule has 0 radical (unpaired) electrons. The van der Waals surface area contributed by atoms with Gasteiger partial charge in [-0.2, -0.15) is 0 Å². The number of nitrogens with zero attached hydrogens (tertiary/aromatic N) is 1. The fourth-order valence-corrected chi connectivity index (χ4v) is 1.98. The van der Waals surface area contributed by atoms with Crippen LogP contribution in [0.15, 0.2) is 15.8 Å². The zero-order valence-electron chi connectivity index (χ0n) is 10.3. The predicted molar refractivity (Wildman–Crippen MR) is 61.4 cm³/mol. The second kappa shape index (κ2) is 4.77. The Labute approximate surface area is 111 Å². The summed E-state index contributed by atoms with van der Waals surface area (Å²) in [5, 5.41) is 46.4. The Morgan fingerprint density at radius 2 is 1.85 bits per heavy atom. The number of nitrogens with one attached hydrogen (secondary N) is 1. The summed E-state index contributed by atoms with van der Waals surface area (Å²) in [6, 6.07) is 0. The fraction of sp³-hybridized carbons (Fsp3) is 0.600. The highest BCUT2D eigenvalue weighted by Crippen LogP contribution is 2.32. The molecule has 0 aromatic carbocycles. The Balaban J connectivity index is 2.43. The van der Waals surface area contributed by atoms with E-state index in [1.165, 1.54) is 6.92 Å². The molecule has 6 N–H and O–H groups in total. The lowest BCUT2D eigenvalue weighted by Crippen LogP contribution is -2.49. The predicted octanol–water partition coefficient (Wildman–Crippen LogP) is -3.91. The van der Waals surface area contributed by atoms with Gasteiger partial charge in [0.2, 0.25) is 0 Å². The molecular formula is C10H14N2O8. The van der Waals surface area contributed by atoms with E-state index < -0.39 is 41.8 Å². The maximum absolute atomic E-state index is 11.6. The number of aliphatic hydroxyl groups excluding tert-OH is 2. The van der Waals surface area contributed by atoms with Crippen molar-refractivity contribution in [2.75, 3.05) is 0 Å². The summed E-state index contributed by atoms with van der Waals surface area (Å²) in [7, 11) is 0. The van der Waals surface area contributed by atoms with Crippen molar-refractivity contribution in [2.24, 2.45) is 0 Å². The number of aromatic nitrogens is 2. The van der Waals surface area contributed by atoms with Gasteiger partial charge >= 0.3 is 11.7 Å². The zero-order valence-corrected chi connectivity index (χ0v) is 10.3. The van der Waals surface area contributed by atoms with E-state index in [0.717, 1.165) is 10.8 Å². The van der Waals surface area contributed by atoms with Crippen molar-refractivity contribution in [1.29, 1.82) is 0 Å². The summed E-state index contributed by atoms with van der Waals surface area (Å²) in [6.07, 6.45) is -5.92. The quantitative estimate of drug-likeness (QED) is 0.301. The molecule has 1 aromatic rings. The van der Waals surface area contributed by atoms with Crippen molar-refractivity contribution >= 4 is 0 Å². The Morgan fingerprint density at radius 1 is 1.25 bits per heavy atom. The number of hydrogen-bond donors (Lipinski definition) is 6. The van der Waals surface area contributed by atoms with Gasteiger partial charge in [-0.3, -0.25) is 14.3 Å². The Hall–Kier alpha value is -1.56. The molecule has 0 amide bonds. The third kappa shape index (κ3) is 2.40. The van der Waals surface area contributed by atoms with Crippen LogP contribution in [0.1, 0.15) is 11.8 Å². The van der Waals surface area contributed by atoms with Gasteiger partial charge in [-0.25, -0.2) is 4.79 Å². The van der Waals surface area contributed by atoms with E-state index >= 15 is 0 Å². The third-order valence-electron chi connectivity index (χ3n) is 3.04. The SMILES string of the molecule is Cc1cn([C@@H]2O[C@H](C(O)(O)O)[C@@H](O)[C@H]2O)c(=O)[nH]c1=O. The highest BCUT2D eigenvalue weighted by atomic mass is 16.7. The molecule has 0 aliphatic carbocycles. The second-order valence-electron chi connectivity index (χ2n) is 4.59. The van der Waals surface area contributed by atoms with Gasteiger partial charge < -0.3 is 30.3 Å². The van der Waals surface area contributed by atoms with Gasteiger partial charge in [0, 0.05) is 11.8 Å². The van der Waals surface area contributed by atoms with Crippen LogP contribution in [0.4, 0.5) is 0 Å². The molecule has 2 heterocycles. The average molecular weight is 290 g/mol. The molecule has 2 rings (SSSR count). The van der Waals surface area contributed by atoms with Crippen molar-refractivity contribution in [3.63, 3.8) is 0 Å². The Bertz CT molecular complexity index is 615.